The van der Waals surface area contributed by atoms with Gasteiger partial charge in [-0.2, -0.15) is 4.98 Å². The number of benzene rings is 2. The Kier molecular flexibility index (Phi) is 5.37. The minimum atomic E-state index is 0.704. The maximum Gasteiger partial charge on any atom is 0.227 e. The maximum atomic E-state index is 5.23. The summed E-state index contributed by atoms with van der Waals surface area (Å²) in [6.45, 7) is 2.78. The number of aryl methyl sites for hydroxylation is 1. The molecule has 134 valence electrons. The van der Waals surface area contributed by atoms with Crippen LogP contribution in [0.25, 0.3) is 0 Å². The number of hydrogen-bond acceptors (Lipinski definition) is 5. The number of methoxy groups -OCH3 is 1. The van der Waals surface area contributed by atoms with Gasteiger partial charge in [-0.25, -0.2) is 4.98 Å². The van der Waals surface area contributed by atoms with Crippen molar-refractivity contribution in [2.24, 2.45) is 0 Å². The molecule has 0 unspecified atom stereocenters. The lowest BCUT2D eigenvalue weighted by molar-refractivity contribution is 0.415. The second kappa shape index (κ2) is 7.87. The van der Waals surface area contributed by atoms with Crippen molar-refractivity contribution in [3.63, 3.8) is 0 Å². The zero-order valence-corrected chi connectivity index (χ0v) is 15.7. The summed E-state index contributed by atoms with van der Waals surface area (Å²) >= 11 is 0. The first-order valence-electron chi connectivity index (χ1n) is 8.55. The van der Waals surface area contributed by atoms with Crippen LogP contribution in [0.3, 0.4) is 0 Å². The van der Waals surface area contributed by atoms with E-state index in [9.17, 15) is 0 Å². The highest BCUT2D eigenvalue weighted by Gasteiger charge is 2.13. The molecule has 0 aliphatic carbocycles. The SMILES string of the molecule is COc1ccc(N(C)c2nc(N(C)Cc3ccccc3)ncc2C)cc1. The van der Waals surface area contributed by atoms with E-state index >= 15 is 0 Å². The first-order valence-corrected chi connectivity index (χ1v) is 8.55. The Morgan fingerprint density at radius 2 is 1.65 bits per heavy atom. The fourth-order valence-electron chi connectivity index (χ4n) is 2.80. The van der Waals surface area contributed by atoms with Gasteiger partial charge in [-0.3, -0.25) is 0 Å². The lowest BCUT2D eigenvalue weighted by Crippen LogP contribution is -2.21. The summed E-state index contributed by atoms with van der Waals surface area (Å²) in [5.74, 6) is 2.43. The zero-order chi connectivity index (χ0) is 18.5. The summed E-state index contributed by atoms with van der Waals surface area (Å²) in [5, 5.41) is 0. The van der Waals surface area contributed by atoms with Gasteiger partial charge in [-0.1, -0.05) is 30.3 Å². The summed E-state index contributed by atoms with van der Waals surface area (Å²) in [5.41, 5.74) is 3.30. The van der Waals surface area contributed by atoms with Gasteiger partial charge in [0.1, 0.15) is 11.6 Å². The highest BCUT2D eigenvalue weighted by molar-refractivity contribution is 5.63. The van der Waals surface area contributed by atoms with Crippen molar-refractivity contribution in [3.05, 3.63) is 71.9 Å². The molecule has 1 aromatic heterocycles. The van der Waals surface area contributed by atoms with Crippen molar-refractivity contribution in [1.29, 1.82) is 0 Å². The van der Waals surface area contributed by atoms with Crippen LogP contribution < -0.4 is 14.5 Å². The molecular weight excluding hydrogens is 324 g/mol. The van der Waals surface area contributed by atoms with Crippen molar-refractivity contribution < 1.29 is 4.74 Å². The quantitative estimate of drug-likeness (QED) is 0.668. The largest absolute Gasteiger partial charge is 0.497 e. The van der Waals surface area contributed by atoms with Crippen LogP contribution in [0.5, 0.6) is 5.75 Å². The van der Waals surface area contributed by atoms with Gasteiger partial charge in [0, 0.05) is 38.1 Å². The smallest absolute Gasteiger partial charge is 0.227 e. The molecule has 26 heavy (non-hydrogen) atoms. The normalized spacial score (nSPS) is 10.5. The van der Waals surface area contributed by atoms with E-state index in [1.54, 1.807) is 7.11 Å². The first-order chi connectivity index (χ1) is 12.6. The third-order valence-corrected chi connectivity index (χ3v) is 4.31. The molecular formula is C21H24N4O. The fourth-order valence-corrected chi connectivity index (χ4v) is 2.80. The van der Waals surface area contributed by atoms with E-state index in [-0.39, 0.29) is 0 Å². The number of nitrogens with zero attached hydrogens (tertiary/aromatic N) is 4. The van der Waals surface area contributed by atoms with Gasteiger partial charge in [-0.15, -0.1) is 0 Å². The molecule has 0 N–H and O–H groups in total. The Balaban J connectivity index is 1.84. The molecule has 3 aromatic rings. The highest BCUT2D eigenvalue weighted by atomic mass is 16.5. The predicted octanol–water partition coefficient (Wildman–Crippen LogP) is 4.20. The van der Waals surface area contributed by atoms with E-state index < -0.39 is 0 Å². The van der Waals surface area contributed by atoms with Gasteiger partial charge >= 0.3 is 0 Å². The van der Waals surface area contributed by atoms with Crippen LogP contribution in [0.4, 0.5) is 17.5 Å². The van der Waals surface area contributed by atoms with E-state index in [4.69, 9.17) is 9.72 Å². The van der Waals surface area contributed by atoms with Crippen LogP contribution in [0.2, 0.25) is 0 Å². The van der Waals surface area contributed by atoms with Crippen LogP contribution in [0, 0.1) is 6.92 Å². The van der Waals surface area contributed by atoms with Crippen molar-refractivity contribution in [2.75, 3.05) is 31.0 Å². The molecule has 5 heteroatoms. The Morgan fingerprint density at radius 1 is 0.962 bits per heavy atom. The number of hydrogen-bond donors (Lipinski definition) is 0. The molecule has 0 aliphatic heterocycles. The second-order valence-electron chi connectivity index (χ2n) is 6.28. The van der Waals surface area contributed by atoms with E-state index in [0.29, 0.717) is 5.95 Å². The molecule has 0 saturated carbocycles. The molecule has 0 bridgehead atoms. The average molecular weight is 348 g/mol. The molecule has 0 radical (unpaired) electrons. The van der Waals surface area contributed by atoms with Gasteiger partial charge in [0.2, 0.25) is 5.95 Å². The van der Waals surface area contributed by atoms with Crippen molar-refractivity contribution in [2.45, 2.75) is 13.5 Å². The predicted molar refractivity (Wildman–Crippen MR) is 106 cm³/mol. The number of rotatable bonds is 6. The molecule has 1 heterocycles. The van der Waals surface area contributed by atoms with Crippen molar-refractivity contribution in [1.82, 2.24) is 9.97 Å². The summed E-state index contributed by atoms with van der Waals surface area (Å²) in [7, 11) is 5.69. The lowest BCUT2D eigenvalue weighted by atomic mass is 10.2. The molecule has 0 saturated heterocycles. The van der Waals surface area contributed by atoms with Crippen LogP contribution in [-0.2, 0) is 6.54 Å². The monoisotopic (exact) mass is 348 g/mol. The zero-order valence-electron chi connectivity index (χ0n) is 15.7. The second-order valence-corrected chi connectivity index (χ2v) is 6.28. The molecule has 0 atom stereocenters. The minimum Gasteiger partial charge on any atom is -0.497 e. The van der Waals surface area contributed by atoms with Gasteiger partial charge in [-0.05, 0) is 36.8 Å². The lowest BCUT2D eigenvalue weighted by Gasteiger charge is -2.23. The van der Waals surface area contributed by atoms with Crippen molar-refractivity contribution >= 4 is 17.5 Å². The van der Waals surface area contributed by atoms with Crippen LogP contribution >= 0.6 is 0 Å². The third kappa shape index (κ3) is 3.94. The van der Waals surface area contributed by atoms with Crippen LogP contribution in [0.1, 0.15) is 11.1 Å². The van der Waals surface area contributed by atoms with E-state index in [0.717, 1.165) is 29.4 Å². The van der Waals surface area contributed by atoms with Crippen LogP contribution in [-0.4, -0.2) is 31.2 Å². The Hall–Kier alpha value is -3.08. The molecule has 0 spiro atoms. The Bertz CT molecular complexity index is 850. The Morgan fingerprint density at radius 3 is 2.31 bits per heavy atom. The minimum absolute atomic E-state index is 0.704. The average Bonchev–Trinajstić information content (AvgIpc) is 2.68. The third-order valence-electron chi connectivity index (χ3n) is 4.31. The van der Waals surface area contributed by atoms with Crippen LogP contribution in [0.15, 0.2) is 60.8 Å². The molecule has 3 rings (SSSR count). The summed E-state index contributed by atoms with van der Waals surface area (Å²) < 4.78 is 5.23. The standard InChI is InChI=1S/C21H24N4O/c1-16-14-22-21(24(2)15-17-8-6-5-7-9-17)23-20(16)25(3)18-10-12-19(26-4)13-11-18/h5-14H,15H2,1-4H3. The topological polar surface area (TPSA) is 41.5 Å². The maximum absolute atomic E-state index is 5.23. The molecule has 0 fully saturated rings. The van der Waals surface area contributed by atoms with Crippen molar-refractivity contribution in [3.8, 4) is 5.75 Å². The molecule has 2 aromatic carbocycles. The van der Waals surface area contributed by atoms with Gasteiger partial charge in [0.05, 0.1) is 7.11 Å². The van der Waals surface area contributed by atoms with Gasteiger partial charge < -0.3 is 14.5 Å². The molecule has 0 amide bonds. The molecule has 0 aliphatic rings. The van der Waals surface area contributed by atoms with Gasteiger partial charge in [0.25, 0.3) is 0 Å². The van der Waals surface area contributed by atoms with E-state index in [2.05, 4.69) is 26.9 Å². The molecule has 5 nitrogen and oxygen atoms in total. The van der Waals surface area contributed by atoms with Gasteiger partial charge in [0.15, 0.2) is 0 Å². The number of ether oxygens (including phenoxy) is 1. The summed E-state index contributed by atoms with van der Waals surface area (Å²) in [6.07, 6.45) is 1.87. The summed E-state index contributed by atoms with van der Waals surface area (Å²) in [6, 6.07) is 18.3. The van der Waals surface area contributed by atoms with E-state index in [1.807, 2.05) is 69.7 Å². The highest BCUT2D eigenvalue weighted by Crippen LogP contribution is 2.27. The first kappa shape index (κ1) is 17.7. The summed E-state index contributed by atoms with van der Waals surface area (Å²) in [4.78, 5) is 13.4. The number of anilines is 3. The van der Waals surface area contributed by atoms with E-state index in [1.165, 1.54) is 5.56 Å². The fraction of sp³-hybridized carbons (Fsp3) is 0.238. The Labute approximate surface area is 154 Å². The number of aromatic nitrogens is 2.